The van der Waals surface area contributed by atoms with Crippen molar-refractivity contribution in [3.8, 4) is 11.3 Å². The zero-order valence-corrected chi connectivity index (χ0v) is 21.8. The van der Waals surface area contributed by atoms with Crippen LogP contribution in [0.1, 0.15) is 13.3 Å². The molecule has 1 fully saturated rings. The van der Waals surface area contributed by atoms with Crippen LogP contribution in [0.5, 0.6) is 0 Å². The van der Waals surface area contributed by atoms with Crippen molar-refractivity contribution >= 4 is 34.7 Å². The second kappa shape index (κ2) is 11.8. The molecule has 1 saturated heterocycles. The number of methoxy groups -OCH3 is 1. The van der Waals surface area contributed by atoms with Crippen LogP contribution < -0.4 is 16.4 Å². The van der Waals surface area contributed by atoms with Crippen LogP contribution in [0.2, 0.25) is 0 Å². The Labute approximate surface area is 216 Å². The number of para-hydroxylation sites is 1. The number of carbonyl (C=O) groups is 1. The third kappa shape index (κ3) is 5.89. The van der Waals surface area contributed by atoms with Gasteiger partial charge in [-0.05, 0) is 25.6 Å². The maximum Gasteiger partial charge on any atom is 0.241 e. The fourth-order valence-electron chi connectivity index (χ4n) is 4.52. The zero-order valence-electron chi connectivity index (χ0n) is 21.8. The molecule has 3 aromatic rings. The number of piperazine rings is 1. The van der Waals surface area contributed by atoms with Gasteiger partial charge in [-0.1, -0.05) is 19.1 Å². The Morgan fingerprint density at radius 1 is 1.27 bits per heavy atom. The lowest BCUT2D eigenvalue weighted by atomic mass is 10.1. The largest absolute Gasteiger partial charge is 0.481 e. The minimum Gasteiger partial charge on any atom is -0.481 e. The van der Waals surface area contributed by atoms with Crippen LogP contribution in [-0.4, -0.2) is 90.3 Å². The minimum absolute atomic E-state index is 0.0110. The molecule has 0 aliphatic carbocycles. The fourth-order valence-corrected chi connectivity index (χ4v) is 4.52. The number of nitrogens with two attached hydrogens (primary N) is 1. The van der Waals surface area contributed by atoms with Gasteiger partial charge >= 0.3 is 0 Å². The number of allylic oxidation sites excluding steroid dienone is 1. The van der Waals surface area contributed by atoms with Crippen molar-refractivity contribution in [2.75, 3.05) is 58.0 Å². The van der Waals surface area contributed by atoms with Gasteiger partial charge in [0.05, 0.1) is 30.0 Å². The molecule has 3 heterocycles. The van der Waals surface area contributed by atoms with Crippen LogP contribution in [0.25, 0.3) is 22.2 Å². The van der Waals surface area contributed by atoms with E-state index in [1.165, 1.54) is 7.11 Å². The molecule has 1 aromatic carbocycles. The number of rotatable bonds is 9. The lowest BCUT2D eigenvalue weighted by molar-refractivity contribution is -0.122. The molecule has 0 bridgehead atoms. The van der Waals surface area contributed by atoms with Gasteiger partial charge in [0.2, 0.25) is 17.7 Å². The number of aromatic amines is 1. The molecule has 1 amide bonds. The number of ether oxygens (including phenoxy) is 1. The molecule has 1 unspecified atom stereocenters. The second-order valence-electron chi connectivity index (χ2n) is 8.94. The molecular weight excluding hydrogens is 470 g/mol. The first-order valence-corrected chi connectivity index (χ1v) is 12.3. The van der Waals surface area contributed by atoms with E-state index in [1.807, 2.05) is 30.5 Å². The highest BCUT2D eigenvalue weighted by atomic mass is 16.5. The van der Waals surface area contributed by atoms with Crippen LogP contribution in [-0.2, 0) is 9.53 Å². The lowest BCUT2D eigenvalue weighted by Crippen LogP contribution is -2.52. The smallest absolute Gasteiger partial charge is 0.241 e. The van der Waals surface area contributed by atoms with Gasteiger partial charge in [-0.3, -0.25) is 14.7 Å². The van der Waals surface area contributed by atoms with Crippen LogP contribution in [0.3, 0.4) is 0 Å². The van der Waals surface area contributed by atoms with Crippen LogP contribution in [0.15, 0.2) is 53.2 Å². The highest BCUT2D eigenvalue weighted by Crippen LogP contribution is 2.32. The van der Waals surface area contributed by atoms with Gasteiger partial charge in [0.1, 0.15) is 5.70 Å². The summed E-state index contributed by atoms with van der Waals surface area (Å²) < 4.78 is 5.11. The highest BCUT2D eigenvalue weighted by Gasteiger charge is 2.27. The van der Waals surface area contributed by atoms with Crippen molar-refractivity contribution in [1.29, 1.82) is 0 Å². The molecule has 1 atom stereocenters. The maximum absolute atomic E-state index is 13.3. The number of nitrogens with zero attached hydrogens (tertiary/aromatic N) is 5. The summed E-state index contributed by atoms with van der Waals surface area (Å²) in [5.41, 5.74) is 9.54. The van der Waals surface area contributed by atoms with Crippen molar-refractivity contribution in [3.05, 3.63) is 48.2 Å². The fraction of sp³-hybridized carbons (Fsp3) is 0.385. The van der Waals surface area contributed by atoms with Crippen LogP contribution in [0, 0.1) is 0 Å². The first-order valence-electron chi connectivity index (χ1n) is 12.3. The average molecular weight is 506 g/mol. The number of hydrogen-bond donors (Lipinski definition) is 4. The molecule has 2 aromatic heterocycles. The Kier molecular flexibility index (Phi) is 8.36. The summed E-state index contributed by atoms with van der Waals surface area (Å²) >= 11 is 0. The Morgan fingerprint density at radius 2 is 2.05 bits per heavy atom. The zero-order chi connectivity index (χ0) is 26.4. The summed E-state index contributed by atoms with van der Waals surface area (Å²) in [5.74, 6) is 0.537. The van der Waals surface area contributed by atoms with Gasteiger partial charge in [0.25, 0.3) is 0 Å². The molecule has 0 spiro atoms. The molecule has 1 aliphatic heterocycles. The van der Waals surface area contributed by atoms with Crippen molar-refractivity contribution in [3.63, 3.8) is 0 Å². The van der Waals surface area contributed by atoms with Gasteiger partial charge in [-0.2, -0.15) is 0 Å². The van der Waals surface area contributed by atoms with E-state index in [4.69, 9.17) is 10.5 Å². The number of H-pyrrole nitrogens is 1. The monoisotopic (exact) mass is 505 g/mol. The molecular formula is C26H35N9O2. The van der Waals surface area contributed by atoms with Crippen molar-refractivity contribution in [2.45, 2.75) is 19.4 Å². The third-order valence-electron chi connectivity index (χ3n) is 6.56. The number of benzene rings is 1. The number of fused-ring (bicyclic) bond motifs is 1. The molecule has 37 heavy (non-hydrogen) atoms. The summed E-state index contributed by atoms with van der Waals surface area (Å²) in [6.07, 6.45) is 5.85. The highest BCUT2D eigenvalue weighted by molar-refractivity contribution is 6.06. The SMILES string of the molecule is CCC(C(=O)Nc1cccc2c(-c3ccnc(NC(C=NC)=C(N)OC)n3)c[nH]c12)N1CCN(C)CC1. The maximum atomic E-state index is 13.3. The van der Waals surface area contributed by atoms with E-state index in [0.717, 1.165) is 54.8 Å². The molecule has 4 rings (SSSR count). The van der Waals surface area contributed by atoms with Crippen molar-refractivity contribution < 1.29 is 9.53 Å². The third-order valence-corrected chi connectivity index (χ3v) is 6.56. The summed E-state index contributed by atoms with van der Waals surface area (Å²) in [4.78, 5) is 34.1. The van der Waals surface area contributed by atoms with Gasteiger partial charge < -0.3 is 31.0 Å². The Bertz CT molecular complexity index is 1290. The predicted octanol–water partition coefficient (Wildman–Crippen LogP) is 2.48. The normalized spacial score (nSPS) is 16.5. The van der Waals surface area contributed by atoms with Gasteiger partial charge in [0.15, 0.2) is 0 Å². The quantitative estimate of drug-likeness (QED) is 0.257. The van der Waals surface area contributed by atoms with E-state index in [0.29, 0.717) is 17.3 Å². The Morgan fingerprint density at radius 3 is 2.76 bits per heavy atom. The van der Waals surface area contributed by atoms with Gasteiger partial charge in [-0.25, -0.2) is 9.97 Å². The first kappa shape index (κ1) is 26.1. The number of hydrogen-bond acceptors (Lipinski definition) is 9. The number of likely N-dealkylation sites (N-methyl/N-ethyl adjacent to an activating group) is 1. The van der Waals surface area contributed by atoms with E-state index in [-0.39, 0.29) is 17.8 Å². The minimum atomic E-state index is -0.165. The molecule has 0 radical (unpaired) electrons. The second-order valence-corrected chi connectivity index (χ2v) is 8.94. The van der Waals surface area contributed by atoms with Crippen LogP contribution >= 0.6 is 0 Å². The number of nitrogens with one attached hydrogen (secondary N) is 3. The average Bonchev–Trinajstić information content (AvgIpc) is 3.35. The number of amides is 1. The van der Waals surface area contributed by atoms with Gasteiger partial charge in [-0.15, -0.1) is 0 Å². The summed E-state index contributed by atoms with van der Waals surface area (Å²) in [6.45, 7) is 5.77. The van der Waals surface area contributed by atoms with Crippen molar-refractivity contribution in [1.82, 2.24) is 24.8 Å². The van der Waals surface area contributed by atoms with Crippen molar-refractivity contribution in [2.24, 2.45) is 10.7 Å². The molecule has 11 nitrogen and oxygen atoms in total. The van der Waals surface area contributed by atoms with Crippen LogP contribution in [0.4, 0.5) is 11.6 Å². The van der Waals surface area contributed by atoms with E-state index >= 15 is 0 Å². The van der Waals surface area contributed by atoms with Gasteiger partial charge in [0, 0.05) is 62.8 Å². The van der Waals surface area contributed by atoms with E-state index in [1.54, 1.807) is 19.5 Å². The summed E-state index contributed by atoms with van der Waals surface area (Å²) in [6, 6.07) is 7.52. The summed E-state index contributed by atoms with van der Waals surface area (Å²) in [7, 11) is 5.23. The van der Waals surface area contributed by atoms with E-state index in [2.05, 4.69) is 54.3 Å². The van der Waals surface area contributed by atoms with E-state index in [9.17, 15) is 4.79 Å². The molecule has 1 aliphatic rings. The van der Waals surface area contributed by atoms with E-state index < -0.39 is 0 Å². The topological polar surface area (TPSA) is 137 Å². The predicted molar refractivity (Wildman–Crippen MR) is 147 cm³/mol. The molecule has 196 valence electrons. The molecule has 11 heteroatoms. The Hall–Kier alpha value is -3.96. The molecule has 5 N–H and O–H groups in total. The lowest BCUT2D eigenvalue weighted by Gasteiger charge is -2.36. The number of aliphatic imine (C=N–C) groups is 1. The standard InChI is InChI=1S/C26H35N9O2/c1-5-22(35-13-11-34(3)12-14-35)25(36)31-20-8-6-7-17-18(15-30-23(17)20)19-9-10-29-26(32-19)33-21(16-28-2)24(27)37-4/h6-10,15-16,22,30H,5,11-14,27H2,1-4H3,(H,31,36)(H,29,32,33). The Balaban J connectivity index is 1.58. The number of aromatic nitrogens is 3. The first-order chi connectivity index (χ1) is 17.9. The molecule has 0 saturated carbocycles. The number of anilines is 2. The summed E-state index contributed by atoms with van der Waals surface area (Å²) in [5, 5.41) is 7.16. The number of carbonyl (C=O) groups excluding carboxylic acids is 1.